The van der Waals surface area contributed by atoms with Crippen LogP contribution in [0.15, 0.2) is 41.4 Å². The molecule has 1 unspecified atom stereocenters. The summed E-state index contributed by atoms with van der Waals surface area (Å²) in [5.74, 6) is -0.0422. The molecule has 0 aliphatic carbocycles. The Hall–Kier alpha value is -0.690. The largest absolute Gasteiger partial charge is 0.358 e. The van der Waals surface area contributed by atoms with Crippen LogP contribution in [0.2, 0.25) is 0 Å². The van der Waals surface area contributed by atoms with Gasteiger partial charge in [-0.3, -0.25) is 4.79 Å². The number of carbonyl (C=O) groups excluding carboxylic acids is 1. The first-order chi connectivity index (χ1) is 7.68. The van der Waals surface area contributed by atoms with Crippen LogP contribution in [0.1, 0.15) is 6.92 Å². The van der Waals surface area contributed by atoms with E-state index < -0.39 is 0 Å². The minimum absolute atomic E-state index is 0. The summed E-state index contributed by atoms with van der Waals surface area (Å²) in [7, 11) is 2.06. The molecule has 0 aromatic heterocycles. The Morgan fingerprint density at radius 2 is 2.18 bits per heavy atom. The Kier molecular flexibility index (Phi) is 5.32. The number of rotatable bonds is 2. The number of amides is 1. The molecule has 3 nitrogen and oxygen atoms in total. The Balaban J connectivity index is 0.00000144. The molecular formula is C12H15IN2OS. The number of carbonyl (C=O) groups is 1. The highest BCUT2D eigenvalue weighted by atomic mass is 127. The predicted molar refractivity (Wildman–Crippen MR) is 82.9 cm³/mol. The number of benzene rings is 1. The van der Waals surface area contributed by atoms with Gasteiger partial charge in [0.25, 0.3) is 0 Å². The number of thioether (sulfide) groups is 1. The standard InChI is InChI=1S/C12H14N2OS.HI/c1-9(15)13-8-7-12-14(2)10-5-3-4-6-11(10)16-12;/h3-8,12H,1-2H3,(H,13,15);1H. The van der Waals surface area contributed by atoms with Crippen molar-refractivity contribution in [2.45, 2.75) is 17.2 Å². The second-order valence-electron chi connectivity index (χ2n) is 3.65. The number of hydrogen-bond donors (Lipinski definition) is 1. The van der Waals surface area contributed by atoms with Crippen molar-refractivity contribution < 1.29 is 4.79 Å². The number of likely N-dealkylation sites (N-methyl/N-ethyl adjacent to an activating group) is 1. The van der Waals surface area contributed by atoms with Gasteiger partial charge in [0.05, 0.1) is 11.1 Å². The molecule has 0 fully saturated rings. The predicted octanol–water partition coefficient (Wildman–Crippen LogP) is 2.82. The number of fused-ring (bicyclic) bond motifs is 1. The normalized spacial score (nSPS) is 17.8. The summed E-state index contributed by atoms with van der Waals surface area (Å²) in [4.78, 5) is 14.2. The lowest BCUT2D eigenvalue weighted by molar-refractivity contribution is -0.118. The van der Waals surface area contributed by atoms with Gasteiger partial charge < -0.3 is 10.2 Å². The van der Waals surface area contributed by atoms with Crippen molar-refractivity contribution >= 4 is 47.3 Å². The van der Waals surface area contributed by atoms with E-state index in [0.717, 1.165) is 0 Å². The van der Waals surface area contributed by atoms with E-state index in [1.54, 1.807) is 18.0 Å². The maximum atomic E-state index is 10.7. The number of nitrogens with one attached hydrogen (secondary N) is 1. The van der Waals surface area contributed by atoms with E-state index >= 15 is 0 Å². The highest BCUT2D eigenvalue weighted by Gasteiger charge is 2.24. The zero-order valence-corrected chi connectivity index (χ0v) is 12.9. The van der Waals surface area contributed by atoms with E-state index in [0.29, 0.717) is 0 Å². The summed E-state index contributed by atoms with van der Waals surface area (Å²) < 4.78 is 0. The molecule has 1 amide bonds. The van der Waals surface area contributed by atoms with Crippen molar-refractivity contribution in [3.63, 3.8) is 0 Å². The van der Waals surface area contributed by atoms with Gasteiger partial charge in [-0.2, -0.15) is 0 Å². The molecule has 1 N–H and O–H groups in total. The van der Waals surface area contributed by atoms with E-state index in [9.17, 15) is 4.79 Å². The average molecular weight is 362 g/mol. The van der Waals surface area contributed by atoms with Crippen LogP contribution in [0.4, 0.5) is 5.69 Å². The fourth-order valence-corrected chi connectivity index (χ4v) is 2.79. The first kappa shape index (κ1) is 14.4. The molecule has 1 heterocycles. The molecule has 1 aromatic carbocycles. The second-order valence-corrected chi connectivity index (χ2v) is 4.81. The van der Waals surface area contributed by atoms with E-state index in [1.807, 2.05) is 18.2 Å². The zero-order valence-electron chi connectivity index (χ0n) is 9.71. The molecule has 1 aliphatic rings. The van der Waals surface area contributed by atoms with Gasteiger partial charge in [-0.25, -0.2) is 0 Å². The number of para-hydroxylation sites is 1. The van der Waals surface area contributed by atoms with Crippen LogP contribution in [0.5, 0.6) is 0 Å². The van der Waals surface area contributed by atoms with Gasteiger partial charge in [-0.05, 0) is 18.2 Å². The van der Waals surface area contributed by atoms with Crippen LogP contribution in [0.3, 0.4) is 0 Å². The molecule has 1 aromatic rings. The van der Waals surface area contributed by atoms with E-state index in [-0.39, 0.29) is 35.3 Å². The van der Waals surface area contributed by atoms with E-state index in [2.05, 4.69) is 29.4 Å². The van der Waals surface area contributed by atoms with Gasteiger partial charge in [0.1, 0.15) is 0 Å². The average Bonchev–Trinajstić information content (AvgIpc) is 2.56. The van der Waals surface area contributed by atoms with Gasteiger partial charge in [-0.15, -0.1) is 24.0 Å². The Morgan fingerprint density at radius 3 is 2.82 bits per heavy atom. The number of nitrogens with zero attached hydrogens (tertiary/aromatic N) is 1. The summed E-state index contributed by atoms with van der Waals surface area (Å²) in [6, 6.07) is 8.30. The van der Waals surface area contributed by atoms with E-state index in [1.165, 1.54) is 17.5 Å². The summed E-state index contributed by atoms with van der Waals surface area (Å²) in [5.41, 5.74) is 1.24. The van der Waals surface area contributed by atoms with Crippen molar-refractivity contribution in [1.29, 1.82) is 0 Å². The highest BCUT2D eigenvalue weighted by Crippen LogP contribution is 2.42. The van der Waals surface area contributed by atoms with Crippen molar-refractivity contribution in [2.24, 2.45) is 0 Å². The third-order valence-corrected chi connectivity index (χ3v) is 3.74. The molecule has 17 heavy (non-hydrogen) atoms. The topological polar surface area (TPSA) is 32.3 Å². The molecule has 1 atom stereocenters. The second kappa shape index (κ2) is 6.30. The molecule has 0 saturated heterocycles. The summed E-state index contributed by atoms with van der Waals surface area (Å²) in [5, 5.41) is 2.91. The molecule has 0 saturated carbocycles. The minimum Gasteiger partial charge on any atom is -0.358 e. The SMILES string of the molecule is CC(=O)NC=CC1Sc2ccccc2N1C.I. The monoisotopic (exact) mass is 362 g/mol. The quantitative estimate of drug-likeness (QED) is 0.822. The number of anilines is 1. The van der Waals surface area contributed by atoms with Gasteiger partial charge in [-0.1, -0.05) is 23.9 Å². The number of hydrogen-bond acceptors (Lipinski definition) is 3. The third kappa shape index (κ3) is 3.38. The summed E-state index contributed by atoms with van der Waals surface area (Å²) in [6.07, 6.45) is 3.70. The Labute approximate surface area is 123 Å². The third-order valence-electron chi connectivity index (χ3n) is 2.42. The van der Waals surface area contributed by atoms with Crippen LogP contribution < -0.4 is 10.2 Å². The molecule has 1 aliphatic heterocycles. The lowest BCUT2D eigenvalue weighted by Gasteiger charge is -2.17. The Morgan fingerprint density at radius 1 is 1.47 bits per heavy atom. The van der Waals surface area contributed by atoms with Crippen LogP contribution in [0, 0.1) is 0 Å². The van der Waals surface area contributed by atoms with Crippen molar-refractivity contribution in [3.8, 4) is 0 Å². The fourth-order valence-electron chi connectivity index (χ4n) is 1.61. The molecule has 0 radical (unpaired) electrons. The maximum absolute atomic E-state index is 10.7. The van der Waals surface area contributed by atoms with Crippen LogP contribution >= 0.6 is 35.7 Å². The van der Waals surface area contributed by atoms with Gasteiger partial charge in [0, 0.05) is 25.1 Å². The van der Waals surface area contributed by atoms with Crippen molar-refractivity contribution in [3.05, 3.63) is 36.5 Å². The van der Waals surface area contributed by atoms with E-state index in [4.69, 9.17) is 0 Å². The first-order valence-electron chi connectivity index (χ1n) is 5.11. The first-order valence-corrected chi connectivity index (χ1v) is 5.99. The minimum atomic E-state index is -0.0422. The van der Waals surface area contributed by atoms with Crippen LogP contribution in [-0.4, -0.2) is 18.3 Å². The maximum Gasteiger partial charge on any atom is 0.220 e. The molecule has 0 bridgehead atoms. The lowest BCUT2D eigenvalue weighted by atomic mass is 10.3. The Bertz CT molecular complexity index is 436. The zero-order chi connectivity index (χ0) is 11.5. The molecule has 5 heteroatoms. The summed E-state index contributed by atoms with van der Waals surface area (Å²) in [6.45, 7) is 1.50. The smallest absolute Gasteiger partial charge is 0.220 e. The molecular weight excluding hydrogens is 347 g/mol. The fraction of sp³-hybridized carbons (Fsp3) is 0.250. The number of halogens is 1. The summed E-state index contributed by atoms with van der Waals surface area (Å²) >= 11 is 1.78. The van der Waals surface area contributed by atoms with Crippen LogP contribution in [0.25, 0.3) is 0 Å². The highest BCUT2D eigenvalue weighted by molar-refractivity contribution is 14.0. The van der Waals surface area contributed by atoms with Crippen molar-refractivity contribution in [1.82, 2.24) is 5.32 Å². The van der Waals surface area contributed by atoms with Gasteiger partial charge in [0.15, 0.2) is 0 Å². The van der Waals surface area contributed by atoms with Crippen molar-refractivity contribution in [2.75, 3.05) is 11.9 Å². The van der Waals surface area contributed by atoms with Gasteiger partial charge in [0.2, 0.25) is 5.91 Å². The van der Waals surface area contributed by atoms with Gasteiger partial charge >= 0.3 is 0 Å². The molecule has 92 valence electrons. The lowest BCUT2D eigenvalue weighted by Crippen LogP contribution is -2.23. The van der Waals surface area contributed by atoms with Crippen LogP contribution in [-0.2, 0) is 4.79 Å². The molecule has 0 spiro atoms. The molecule has 2 rings (SSSR count).